The number of hydrogen-bond acceptors (Lipinski definition) is 3. The summed E-state index contributed by atoms with van der Waals surface area (Å²) in [5.41, 5.74) is 5.66. The van der Waals surface area contributed by atoms with Crippen LogP contribution in [0, 0.1) is 0 Å². The van der Waals surface area contributed by atoms with Gasteiger partial charge in [-0.1, -0.05) is 0 Å². The lowest BCUT2D eigenvalue weighted by Crippen LogP contribution is -2.33. The van der Waals surface area contributed by atoms with Gasteiger partial charge in [-0.2, -0.15) is 0 Å². The zero-order valence-corrected chi connectivity index (χ0v) is 8.33. The third-order valence-corrected chi connectivity index (χ3v) is 1.67. The van der Waals surface area contributed by atoms with E-state index < -0.39 is 0 Å². The Hall–Kier alpha value is -1.55. The molecule has 0 aliphatic heterocycles. The fourth-order valence-electron chi connectivity index (χ4n) is 1.05. The van der Waals surface area contributed by atoms with E-state index in [0.29, 0.717) is 12.2 Å². The fraction of sp³-hybridized carbons (Fsp3) is 0.300. The molecule has 2 N–H and O–H groups in total. The van der Waals surface area contributed by atoms with Gasteiger partial charge in [0.05, 0.1) is 6.61 Å². The highest BCUT2D eigenvalue weighted by atomic mass is 16.5. The molecule has 0 unspecified atom stereocenters. The molecule has 14 heavy (non-hydrogen) atoms. The van der Waals surface area contributed by atoms with Crippen LogP contribution in [-0.2, 0) is 0 Å². The zero-order chi connectivity index (χ0) is 10.4. The standard InChI is InChI=1S/C10H14N2O2/c1-3-14-9-6-4-8(5-7-9)10(13)12-11-2/h4-7,11H,3H2,1-2H3,(H,12,13). The summed E-state index contributed by atoms with van der Waals surface area (Å²) in [6, 6.07) is 6.98. The molecule has 0 bridgehead atoms. The van der Waals surface area contributed by atoms with E-state index in [1.165, 1.54) is 0 Å². The molecule has 1 rings (SSSR count). The van der Waals surface area contributed by atoms with Gasteiger partial charge >= 0.3 is 0 Å². The third kappa shape index (κ3) is 2.74. The van der Waals surface area contributed by atoms with Crippen molar-refractivity contribution in [2.24, 2.45) is 0 Å². The zero-order valence-electron chi connectivity index (χ0n) is 8.33. The SMILES string of the molecule is CCOc1ccc(C(=O)NNC)cc1. The van der Waals surface area contributed by atoms with Crippen LogP contribution in [0.25, 0.3) is 0 Å². The van der Waals surface area contributed by atoms with Crippen LogP contribution in [0.1, 0.15) is 17.3 Å². The van der Waals surface area contributed by atoms with E-state index >= 15 is 0 Å². The number of ether oxygens (including phenoxy) is 1. The maximum absolute atomic E-state index is 11.3. The second-order valence-corrected chi connectivity index (χ2v) is 2.66. The first-order chi connectivity index (χ1) is 6.77. The van der Waals surface area contributed by atoms with E-state index in [-0.39, 0.29) is 5.91 Å². The molecule has 0 atom stereocenters. The van der Waals surface area contributed by atoms with Crippen molar-refractivity contribution >= 4 is 5.91 Å². The van der Waals surface area contributed by atoms with E-state index in [1.54, 1.807) is 31.3 Å². The van der Waals surface area contributed by atoms with Crippen molar-refractivity contribution in [1.29, 1.82) is 0 Å². The van der Waals surface area contributed by atoms with Crippen LogP contribution in [0.5, 0.6) is 5.75 Å². The van der Waals surface area contributed by atoms with Crippen LogP contribution in [0.15, 0.2) is 24.3 Å². The molecule has 0 aliphatic carbocycles. The number of carbonyl (C=O) groups is 1. The topological polar surface area (TPSA) is 50.4 Å². The monoisotopic (exact) mass is 194 g/mol. The number of hydrazine groups is 1. The number of amides is 1. The molecule has 1 aromatic rings. The summed E-state index contributed by atoms with van der Waals surface area (Å²) in [4.78, 5) is 11.3. The molecule has 1 aromatic carbocycles. The highest BCUT2D eigenvalue weighted by molar-refractivity contribution is 5.93. The van der Waals surface area contributed by atoms with Crippen molar-refractivity contribution in [3.05, 3.63) is 29.8 Å². The maximum atomic E-state index is 11.3. The van der Waals surface area contributed by atoms with Crippen LogP contribution >= 0.6 is 0 Å². The molecule has 0 aliphatic rings. The molecule has 0 spiro atoms. The summed E-state index contributed by atoms with van der Waals surface area (Å²) in [5.74, 6) is 0.615. The Morgan fingerprint density at radius 3 is 2.50 bits per heavy atom. The van der Waals surface area contributed by atoms with E-state index in [2.05, 4.69) is 10.9 Å². The molecular weight excluding hydrogens is 180 g/mol. The molecule has 0 saturated carbocycles. The molecule has 1 amide bonds. The average Bonchev–Trinajstić information content (AvgIpc) is 2.20. The van der Waals surface area contributed by atoms with Gasteiger partial charge in [0, 0.05) is 12.6 Å². The number of nitrogens with one attached hydrogen (secondary N) is 2. The normalized spacial score (nSPS) is 9.57. The van der Waals surface area contributed by atoms with E-state index in [0.717, 1.165) is 5.75 Å². The Kier molecular flexibility index (Phi) is 3.94. The lowest BCUT2D eigenvalue weighted by atomic mass is 10.2. The van der Waals surface area contributed by atoms with Crippen LogP contribution in [-0.4, -0.2) is 19.6 Å². The Morgan fingerprint density at radius 2 is 2.00 bits per heavy atom. The predicted molar refractivity (Wildman–Crippen MR) is 54.1 cm³/mol. The molecule has 0 fully saturated rings. The summed E-state index contributed by atoms with van der Waals surface area (Å²) in [6.07, 6.45) is 0. The molecular formula is C10H14N2O2. The number of hydrogen-bond donors (Lipinski definition) is 2. The van der Waals surface area contributed by atoms with Gasteiger partial charge in [0.2, 0.25) is 0 Å². The van der Waals surface area contributed by atoms with Gasteiger partial charge in [0.15, 0.2) is 0 Å². The molecule has 0 saturated heterocycles. The molecule has 4 heteroatoms. The third-order valence-electron chi connectivity index (χ3n) is 1.67. The number of benzene rings is 1. The quantitative estimate of drug-likeness (QED) is 0.702. The van der Waals surface area contributed by atoms with Crippen molar-refractivity contribution < 1.29 is 9.53 Å². The minimum Gasteiger partial charge on any atom is -0.494 e. The predicted octanol–water partition coefficient (Wildman–Crippen LogP) is 0.949. The highest BCUT2D eigenvalue weighted by Gasteiger charge is 2.03. The Morgan fingerprint density at radius 1 is 1.36 bits per heavy atom. The van der Waals surface area contributed by atoms with E-state index in [4.69, 9.17) is 4.74 Å². The summed E-state index contributed by atoms with van der Waals surface area (Å²) in [6.45, 7) is 2.55. The fourth-order valence-corrected chi connectivity index (χ4v) is 1.05. The minimum atomic E-state index is -0.157. The van der Waals surface area contributed by atoms with Crippen molar-refractivity contribution in [3.63, 3.8) is 0 Å². The Balaban J connectivity index is 2.67. The summed E-state index contributed by atoms with van der Waals surface area (Å²) < 4.78 is 5.25. The van der Waals surface area contributed by atoms with Gasteiger partial charge in [-0.25, -0.2) is 5.43 Å². The Labute approximate surface area is 83.2 Å². The van der Waals surface area contributed by atoms with Crippen molar-refractivity contribution in [2.45, 2.75) is 6.92 Å². The number of rotatable bonds is 4. The largest absolute Gasteiger partial charge is 0.494 e. The first-order valence-corrected chi connectivity index (χ1v) is 4.48. The van der Waals surface area contributed by atoms with Gasteiger partial charge in [0.25, 0.3) is 5.91 Å². The molecule has 0 aromatic heterocycles. The lowest BCUT2D eigenvalue weighted by Gasteiger charge is -2.05. The Bertz CT molecular complexity index is 295. The van der Waals surface area contributed by atoms with Crippen LogP contribution in [0.2, 0.25) is 0 Å². The van der Waals surface area contributed by atoms with Gasteiger partial charge < -0.3 is 4.74 Å². The van der Waals surface area contributed by atoms with Gasteiger partial charge in [0.1, 0.15) is 5.75 Å². The van der Waals surface area contributed by atoms with Gasteiger partial charge in [-0.3, -0.25) is 10.2 Å². The summed E-state index contributed by atoms with van der Waals surface area (Å²) in [7, 11) is 1.65. The molecule has 76 valence electrons. The van der Waals surface area contributed by atoms with Crippen LogP contribution < -0.4 is 15.6 Å². The summed E-state index contributed by atoms with van der Waals surface area (Å²) >= 11 is 0. The van der Waals surface area contributed by atoms with Gasteiger partial charge in [-0.15, -0.1) is 0 Å². The second kappa shape index (κ2) is 5.24. The maximum Gasteiger partial charge on any atom is 0.265 e. The van der Waals surface area contributed by atoms with Crippen LogP contribution in [0.3, 0.4) is 0 Å². The highest BCUT2D eigenvalue weighted by Crippen LogP contribution is 2.11. The minimum absolute atomic E-state index is 0.157. The molecule has 0 radical (unpaired) electrons. The second-order valence-electron chi connectivity index (χ2n) is 2.66. The average molecular weight is 194 g/mol. The van der Waals surface area contributed by atoms with Crippen molar-refractivity contribution in [3.8, 4) is 5.75 Å². The van der Waals surface area contributed by atoms with E-state index in [1.807, 2.05) is 6.92 Å². The molecule has 0 heterocycles. The van der Waals surface area contributed by atoms with Gasteiger partial charge in [-0.05, 0) is 31.2 Å². The first kappa shape index (κ1) is 10.5. The number of carbonyl (C=O) groups excluding carboxylic acids is 1. The summed E-state index contributed by atoms with van der Waals surface area (Å²) in [5, 5.41) is 0. The first-order valence-electron chi connectivity index (χ1n) is 4.48. The molecule has 4 nitrogen and oxygen atoms in total. The van der Waals surface area contributed by atoms with Crippen molar-refractivity contribution in [1.82, 2.24) is 10.9 Å². The van der Waals surface area contributed by atoms with Crippen LogP contribution in [0.4, 0.5) is 0 Å². The smallest absolute Gasteiger partial charge is 0.265 e. The van der Waals surface area contributed by atoms with E-state index in [9.17, 15) is 4.79 Å². The lowest BCUT2D eigenvalue weighted by molar-refractivity contribution is 0.0938. The van der Waals surface area contributed by atoms with Crippen molar-refractivity contribution in [2.75, 3.05) is 13.7 Å².